The van der Waals surface area contributed by atoms with Gasteiger partial charge in [-0.1, -0.05) is 28.1 Å². The number of carbonyl (C=O) groups excluding carboxylic acids is 1. The quantitative estimate of drug-likeness (QED) is 0.712. The van der Waals surface area contributed by atoms with Crippen molar-refractivity contribution in [3.05, 3.63) is 34.3 Å². The second-order valence-electron chi connectivity index (χ2n) is 7.04. The third-order valence-electron chi connectivity index (χ3n) is 5.61. The molecule has 1 nitrogen and oxygen atoms in total. The van der Waals surface area contributed by atoms with Gasteiger partial charge in [-0.05, 0) is 68.4 Å². The van der Waals surface area contributed by atoms with Crippen molar-refractivity contribution in [1.29, 1.82) is 0 Å². The van der Waals surface area contributed by atoms with Crippen LogP contribution in [0.3, 0.4) is 0 Å². The molecular weight excluding hydrogens is 300 g/mol. The van der Waals surface area contributed by atoms with Gasteiger partial charge in [-0.15, -0.1) is 0 Å². The number of hydrogen-bond acceptors (Lipinski definition) is 1. The van der Waals surface area contributed by atoms with Crippen molar-refractivity contribution in [1.82, 2.24) is 0 Å². The lowest BCUT2D eigenvalue weighted by molar-refractivity contribution is -0.0353. The molecule has 0 N–H and O–H groups in total. The molecule has 0 radical (unpaired) electrons. The van der Waals surface area contributed by atoms with E-state index < -0.39 is 0 Å². The van der Waals surface area contributed by atoms with Crippen LogP contribution in [0.2, 0.25) is 0 Å². The minimum Gasteiger partial charge on any atom is -0.294 e. The van der Waals surface area contributed by atoms with Gasteiger partial charge in [-0.25, -0.2) is 0 Å². The molecule has 0 amide bonds. The Labute approximate surface area is 122 Å². The van der Waals surface area contributed by atoms with Crippen LogP contribution in [0.1, 0.15) is 48.9 Å². The summed E-state index contributed by atoms with van der Waals surface area (Å²) in [5.74, 6) is 2.93. The van der Waals surface area contributed by atoms with Crippen LogP contribution in [0.5, 0.6) is 0 Å². The summed E-state index contributed by atoms with van der Waals surface area (Å²) in [6.45, 7) is 0. The van der Waals surface area contributed by atoms with Crippen molar-refractivity contribution in [2.75, 3.05) is 0 Å². The Kier molecular flexibility index (Phi) is 2.67. The summed E-state index contributed by atoms with van der Waals surface area (Å²) >= 11 is 3.49. The van der Waals surface area contributed by atoms with E-state index in [4.69, 9.17) is 0 Å². The number of rotatable bonds is 2. The maximum absolute atomic E-state index is 13.0. The molecule has 2 heteroatoms. The predicted molar refractivity (Wildman–Crippen MR) is 79.1 cm³/mol. The average molecular weight is 319 g/mol. The molecule has 5 rings (SSSR count). The van der Waals surface area contributed by atoms with Crippen molar-refractivity contribution in [3.63, 3.8) is 0 Å². The van der Waals surface area contributed by atoms with E-state index in [1.165, 1.54) is 19.3 Å². The Morgan fingerprint density at radius 1 is 1.05 bits per heavy atom. The van der Waals surface area contributed by atoms with Crippen molar-refractivity contribution in [3.8, 4) is 0 Å². The maximum Gasteiger partial charge on any atom is 0.169 e. The first kappa shape index (κ1) is 12.1. The van der Waals surface area contributed by atoms with E-state index in [-0.39, 0.29) is 5.41 Å². The SMILES string of the molecule is O=C(c1cccc(Br)c1)C12CC3CC(CC(C3)C1)C2. The molecule has 0 saturated heterocycles. The Hall–Kier alpha value is -0.630. The number of Topliss-reactive ketones (excluding diaryl/α,β-unsaturated/α-hetero) is 1. The highest BCUT2D eigenvalue weighted by molar-refractivity contribution is 9.10. The number of halogens is 1. The van der Waals surface area contributed by atoms with Gasteiger partial charge in [0.2, 0.25) is 0 Å². The normalized spacial score (nSPS) is 39.5. The van der Waals surface area contributed by atoms with E-state index in [1.807, 2.05) is 24.3 Å². The third-order valence-corrected chi connectivity index (χ3v) is 6.10. The van der Waals surface area contributed by atoms with Crippen molar-refractivity contribution >= 4 is 21.7 Å². The lowest BCUT2D eigenvalue weighted by Gasteiger charge is -2.56. The van der Waals surface area contributed by atoms with Gasteiger partial charge < -0.3 is 0 Å². The first-order chi connectivity index (χ1) is 9.14. The van der Waals surface area contributed by atoms with Crippen LogP contribution in [0.25, 0.3) is 0 Å². The first-order valence-corrected chi connectivity index (χ1v) is 8.24. The fourth-order valence-electron chi connectivity index (χ4n) is 5.32. The summed E-state index contributed by atoms with van der Waals surface area (Å²) in [6, 6.07) is 7.97. The lowest BCUT2D eigenvalue weighted by Crippen LogP contribution is -2.50. The molecule has 1 aromatic carbocycles. The van der Waals surface area contributed by atoms with E-state index in [2.05, 4.69) is 15.9 Å². The molecule has 4 aliphatic rings. The fourth-order valence-corrected chi connectivity index (χ4v) is 5.72. The van der Waals surface area contributed by atoms with E-state index in [0.717, 1.165) is 47.1 Å². The molecule has 100 valence electrons. The first-order valence-electron chi connectivity index (χ1n) is 7.45. The molecule has 4 aliphatic carbocycles. The van der Waals surface area contributed by atoms with Crippen LogP contribution < -0.4 is 0 Å². The molecule has 1 aromatic rings. The molecule has 4 saturated carbocycles. The standard InChI is InChI=1S/C17H19BrO/c18-15-3-1-2-14(7-15)16(19)17-8-11-4-12(9-17)6-13(5-11)10-17/h1-3,7,11-13H,4-6,8-10H2. The second-order valence-corrected chi connectivity index (χ2v) is 7.95. The Balaban J connectivity index is 1.70. The number of carbonyl (C=O) groups is 1. The van der Waals surface area contributed by atoms with Crippen molar-refractivity contribution < 1.29 is 4.79 Å². The Morgan fingerprint density at radius 2 is 1.63 bits per heavy atom. The molecule has 0 atom stereocenters. The summed E-state index contributed by atoms with van der Waals surface area (Å²) in [4.78, 5) is 13.0. The van der Waals surface area contributed by atoms with Gasteiger partial charge in [0.05, 0.1) is 0 Å². The van der Waals surface area contributed by atoms with Crippen LogP contribution in [0.4, 0.5) is 0 Å². The van der Waals surface area contributed by atoms with E-state index in [0.29, 0.717) is 5.78 Å². The summed E-state index contributed by atoms with van der Waals surface area (Å²) < 4.78 is 1.02. The molecule has 0 aliphatic heterocycles. The van der Waals surface area contributed by atoms with E-state index in [9.17, 15) is 4.79 Å². The lowest BCUT2D eigenvalue weighted by atomic mass is 9.48. The maximum atomic E-state index is 13.0. The summed E-state index contributed by atoms with van der Waals surface area (Å²) in [5, 5.41) is 0. The zero-order chi connectivity index (χ0) is 13.0. The largest absolute Gasteiger partial charge is 0.294 e. The monoisotopic (exact) mass is 318 g/mol. The predicted octanol–water partition coefficient (Wildman–Crippen LogP) is 4.85. The van der Waals surface area contributed by atoms with Gasteiger partial charge in [0, 0.05) is 15.5 Å². The summed E-state index contributed by atoms with van der Waals surface area (Å²) in [5.41, 5.74) is 0.909. The van der Waals surface area contributed by atoms with Gasteiger partial charge in [-0.3, -0.25) is 4.79 Å². The smallest absolute Gasteiger partial charge is 0.169 e. The Morgan fingerprint density at radius 3 is 2.16 bits per heavy atom. The highest BCUT2D eigenvalue weighted by Gasteiger charge is 2.54. The van der Waals surface area contributed by atoms with Crippen LogP contribution in [-0.2, 0) is 0 Å². The van der Waals surface area contributed by atoms with Gasteiger partial charge >= 0.3 is 0 Å². The highest BCUT2D eigenvalue weighted by atomic mass is 79.9. The van der Waals surface area contributed by atoms with Crippen LogP contribution in [-0.4, -0.2) is 5.78 Å². The van der Waals surface area contributed by atoms with E-state index in [1.54, 1.807) is 0 Å². The zero-order valence-electron chi connectivity index (χ0n) is 11.1. The minimum atomic E-state index is -0.00442. The third kappa shape index (κ3) is 1.91. The molecule has 0 heterocycles. The summed E-state index contributed by atoms with van der Waals surface area (Å²) in [7, 11) is 0. The van der Waals surface area contributed by atoms with Gasteiger partial charge in [-0.2, -0.15) is 0 Å². The number of ketones is 1. The number of hydrogen-bond donors (Lipinski definition) is 0. The fraction of sp³-hybridized carbons (Fsp3) is 0.588. The average Bonchev–Trinajstić information content (AvgIpc) is 2.36. The molecule has 4 fully saturated rings. The zero-order valence-corrected chi connectivity index (χ0v) is 12.7. The molecular formula is C17H19BrO. The summed E-state index contributed by atoms with van der Waals surface area (Å²) in [6.07, 6.45) is 7.65. The highest BCUT2D eigenvalue weighted by Crippen LogP contribution is 2.60. The van der Waals surface area contributed by atoms with Crippen molar-refractivity contribution in [2.45, 2.75) is 38.5 Å². The molecule has 0 unspecified atom stereocenters. The van der Waals surface area contributed by atoms with Crippen molar-refractivity contribution in [2.24, 2.45) is 23.2 Å². The van der Waals surface area contributed by atoms with Crippen LogP contribution >= 0.6 is 15.9 Å². The molecule has 0 spiro atoms. The molecule has 19 heavy (non-hydrogen) atoms. The second kappa shape index (κ2) is 4.18. The molecule has 0 aromatic heterocycles. The van der Waals surface area contributed by atoms with E-state index >= 15 is 0 Å². The Bertz CT molecular complexity index is 499. The van der Waals surface area contributed by atoms with Crippen LogP contribution in [0, 0.1) is 23.2 Å². The van der Waals surface area contributed by atoms with Gasteiger partial charge in [0.25, 0.3) is 0 Å². The minimum absolute atomic E-state index is 0.00442. The van der Waals surface area contributed by atoms with Gasteiger partial charge in [0.1, 0.15) is 0 Å². The molecule has 4 bridgehead atoms. The topological polar surface area (TPSA) is 17.1 Å². The number of benzene rings is 1. The van der Waals surface area contributed by atoms with Gasteiger partial charge in [0.15, 0.2) is 5.78 Å². The van der Waals surface area contributed by atoms with Crippen LogP contribution in [0.15, 0.2) is 28.7 Å².